The fourth-order valence-corrected chi connectivity index (χ4v) is 2.97. The smallest absolute Gasteiger partial charge is 0.493 e. The van der Waals surface area contributed by atoms with E-state index in [2.05, 4.69) is 4.74 Å². The van der Waals surface area contributed by atoms with E-state index in [1.54, 1.807) is 19.1 Å². The first kappa shape index (κ1) is 24.4. The molecule has 2 aromatic carbocycles. The zero-order valence-electron chi connectivity index (χ0n) is 17.8. The number of carboxylic acid groups (broad SMARTS) is 1. The topological polar surface area (TPSA) is 65.0 Å². The summed E-state index contributed by atoms with van der Waals surface area (Å²) in [5.41, 5.74) is 2.59. The van der Waals surface area contributed by atoms with Gasteiger partial charge in [0.15, 0.2) is 11.5 Å². The lowest BCUT2D eigenvalue weighted by atomic mass is 10.0. The maximum Gasteiger partial charge on any atom is 0.573 e. The van der Waals surface area contributed by atoms with E-state index in [0.29, 0.717) is 37.2 Å². The van der Waals surface area contributed by atoms with E-state index in [1.165, 1.54) is 12.1 Å². The Balaban J connectivity index is 1.91. The quantitative estimate of drug-likeness (QED) is 0.485. The molecule has 170 valence electrons. The molecule has 31 heavy (non-hydrogen) atoms. The molecular weight excluding hydrogens is 413 g/mol. The van der Waals surface area contributed by atoms with Crippen LogP contribution < -0.4 is 14.2 Å². The highest BCUT2D eigenvalue weighted by Gasteiger charge is 2.32. The Morgan fingerprint density at radius 2 is 1.87 bits per heavy atom. The molecule has 0 aromatic heterocycles. The summed E-state index contributed by atoms with van der Waals surface area (Å²) in [6.07, 6.45) is -3.67. The Kier molecular flexibility index (Phi) is 8.59. The molecule has 0 aliphatic rings. The molecule has 0 saturated carbocycles. The number of hydrogen-bond donors (Lipinski definition) is 1. The van der Waals surface area contributed by atoms with Gasteiger partial charge < -0.3 is 19.3 Å². The minimum atomic E-state index is -4.80. The third kappa shape index (κ3) is 8.39. The van der Waals surface area contributed by atoms with Gasteiger partial charge >= 0.3 is 12.3 Å². The van der Waals surface area contributed by atoms with Gasteiger partial charge in [-0.05, 0) is 67.6 Å². The van der Waals surface area contributed by atoms with Crippen molar-refractivity contribution in [1.82, 2.24) is 0 Å². The molecule has 0 bridgehead atoms. The van der Waals surface area contributed by atoms with Crippen molar-refractivity contribution in [3.05, 3.63) is 53.1 Å². The molecule has 0 unspecified atom stereocenters. The second kappa shape index (κ2) is 10.9. The van der Waals surface area contributed by atoms with Crippen LogP contribution >= 0.6 is 0 Å². The van der Waals surface area contributed by atoms with E-state index in [-0.39, 0.29) is 17.9 Å². The van der Waals surface area contributed by atoms with Crippen molar-refractivity contribution in [2.75, 3.05) is 6.61 Å². The number of carbonyl (C=O) groups is 1. The Morgan fingerprint density at radius 3 is 2.48 bits per heavy atom. The normalized spacial score (nSPS) is 12.3. The van der Waals surface area contributed by atoms with E-state index in [1.807, 2.05) is 26.0 Å². The summed E-state index contributed by atoms with van der Waals surface area (Å²) in [6.45, 7) is 5.78. The summed E-state index contributed by atoms with van der Waals surface area (Å²) >= 11 is 0. The molecule has 0 aliphatic carbocycles. The van der Waals surface area contributed by atoms with E-state index in [9.17, 15) is 18.0 Å². The fraction of sp³-hybridized carbons (Fsp3) is 0.435. The van der Waals surface area contributed by atoms with Crippen molar-refractivity contribution in [2.24, 2.45) is 0 Å². The molecule has 2 rings (SSSR count). The van der Waals surface area contributed by atoms with E-state index in [4.69, 9.17) is 14.6 Å². The number of hydrogen-bond acceptors (Lipinski definition) is 4. The summed E-state index contributed by atoms with van der Waals surface area (Å²) in [5, 5.41) is 8.79. The molecule has 2 aromatic rings. The monoisotopic (exact) mass is 440 g/mol. The number of halogens is 3. The van der Waals surface area contributed by atoms with E-state index >= 15 is 0 Å². The van der Waals surface area contributed by atoms with Gasteiger partial charge in [0.1, 0.15) is 5.75 Å². The first-order valence-electron chi connectivity index (χ1n) is 10.1. The van der Waals surface area contributed by atoms with Gasteiger partial charge in [-0.1, -0.05) is 19.1 Å². The SMILES string of the molecule is CCc1ccc(O[C@H](C)CCOc2ccc(CCC(=O)O)c(C)c2)c(OC(F)(F)F)c1. The number of rotatable bonds is 11. The molecule has 0 aliphatic heterocycles. The number of aryl methyl sites for hydroxylation is 3. The third-order valence-electron chi connectivity index (χ3n) is 4.69. The zero-order valence-corrected chi connectivity index (χ0v) is 17.8. The van der Waals surface area contributed by atoms with Crippen molar-refractivity contribution >= 4 is 5.97 Å². The molecule has 0 heterocycles. The lowest BCUT2D eigenvalue weighted by molar-refractivity contribution is -0.275. The van der Waals surface area contributed by atoms with Crippen molar-refractivity contribution in [3.63, 3.8) is 0 Å². The lowest BCUT2D eigenvalue weighted by Crippen LogP contribution is -2.20. The van der Waals surface area contributed by atoms with Crippen LogP contribution in [0.25, 0.3) is 0 Å². The summed E-state index contributed by atoms with van der Waals surface area (Å²) in [4.78, 5) is 10.7. The van der Waals surface area contributed by atoms with Crippen LogP contribution in [-0.2, 0) is 17.6 Å². The summed E-state index contributed by atoms with van der Waals surface area (Å²) in [7, 11) is 0. The second-order valence-electron chi connectivity index (χ2n) is 7.23. The van der Waals surface area contributed by atoms with Crippen LogP contribution in [0.1, 0.15) is 43.4 Å². The molecule has 0 radical (unpaired) electrons. The van der Waals surface area contributed by atoms with Crippen molar-refractivity contribution in [1.29, 1.82) is 0 Å². The highest BCUT2D eigenvalue weighted by atomic mass is 19.4. The molecule has 5 nitrogen and oxygen atoms in total. The van der Waals surface area contributed by atoms with Crippen molar-refractivity contribution in [3.8, 4) is 17.2 Å². The van der Waals surface area contributed by atoms with Gasteiger partial charge in [-0.15, -0.1) is 13.2 Å². The summed E-state index contributed by atoms with van der Waals surface area (Å²) in [5.74, 6) is -0.535. The maximum atomic E-state index is 12.7. The molecule has 0 spiro atoms. The summed E-state index contributed by atoms with van der Waals surface area (Å²) < 4.78 is 53.6. The van der Waals surface area contributed by atoms with Gasteiger partial charge in [-0.25, -0.2) is 0 Å². The standard InChI is InChI=1S/C23H27F3O5/c1-4-17-5-9-20(21(14-17)31-23(24,25)26)30-16(3)11-12-29-19-8-6-18(15(2)13-19)7-10-22(27)28/h5-6,8-9,13-14,16H,4,7,10-12H2,1-3H3,(H,27,28)/t16-/m1/s1. The average molecular weight is 440 g/mol. The molecule has 0 amide bonds. The van der Waals surface area contributed by atoms with E-state index in [0.717, 1.165) is 11.1 Å². The number of carboxylic acids is 1. The maximum absolute atomic E-state index is 12.7. The highest BCUT2D eigenvalue weighted by Crippen LogP contribution is 2.34. The second-order valence-corrected chi connectivity index (χ2v) is 7.23. The lowest BCUT2D eigenvalue weighted by Gasteiger charge is -2.19. The highest BCUT2D eigenvalue weighted by molar-refractivity contribution is 5.67. The Bertz CT molecular complexity index is 880. The predicted octanol–water partition coefficient (Wildman–Crippen LogP) is 5.71. The van der Waals surface area contributed by atoms with Crippen molar-refractivity contribution < 1.29 is 37.3 Å². The minimum Gasteiger partial charge on any atom is -0.493 e. The van der Waals surface area contributed by atoms with E-state index < -0.39 is 18.4 Å². The Labute approximate surface area is 179 Å². The fourth-order valence-electron chi connectivity index (χ4n) is 2.97. The number of ether oxygens (including phenoxy) is 3. The molecule has 0 saturated heterocycles. The van der Waals surface area contributed by atoms with Crippen LogP contribution in [0.15, 0.2) is 36.4 Å². The van der Waals surface area contributed by atoms with Crippen LogP contribution in [0.5, 0.6) is 17.2 Å². The van der Waals surface area contributed by atoms with Gasteiger partial charge in [0.05, 0.1) is 12.7 Å². The van der Waals surface area contributed by atoms with Gasteiger partial charge in [0.2, 0.25) is 0 Å². The number of benzene rings is 2. The number of aliphatic carboxylic acids is 1. The summed E-state index contributed by atoms with van der Waals surface area (Å²) in [6, 6.07) is 9.97. The molecule has 1 N–H and O–H groups in total. The van der Waals surface area contributed by atoms with Crippen LogP contribution in [0.3, 0.4) is 0 Å². The molecule has 0 fully saturated rings. The molecular formula is C23H27F3O5. The Hall–Kier alpha value is -2.90. The predicted molar refractivity (Wildman–Crippen MR) is 110 cm³/mol. The van der Waals surface area contributed by atoms with Gasteiger partial charge in [-0.3, -0.25) is 4.79 Å². The third-order valence-corrected chi connectivity index (χ3v) is 4.69. The first-order valence-corrected chi connectivity index (χ1v) is 10.1. The van der Waals surface area contributed by atoms with Gasteiger partial charge in [0.25, 0.3) is 0 Å². The van der Waals surface area contributed by atoms with Crippen LogP contribution in [0.4, 0.5) is 13.2 Å². The molecule has 1 atom stereocenters. The van der Waals surface area contributed by atoms with Crippen LogP contribution in [-0.4, -0.2) is 30.1 Å². The first-order chi connectivity index (χ1) is 14.6. The van der Waals surface area contributed by atoms with Gasteiger partial charge in [-0.2, -0.15) is 0 Å². The largest absolute Gasteiger partial charge is 0.573 e. The Morgan fingerprint density at radius 1 is 1.13 bits per heavy atom. The van der Waals surface area contributed by atoms with Crippen LogP contribution in [0, 0.1) is 6.92 Å². The van der Waals surface area contributed by atoms with Crippen LogP contribution in [0.2, 0.25) is 0 Å². The minimum absolute atomic E-state index is 0.0284. The molecule has 8 heteroatoms. The average Bonchev–Trinajstić information content (AvgIpc) is 2.67. The zero-order chi connectivity index (χ0) is 23.0. The number of alkyl halides is 3. The van der Waals surface area contributed by atoms with Crippen molar-refractivity contribution in [2.45, 2.75) is 58.9 Å². The van der Waals surface area contributed by atoms with Gasteiger partial charge in [0, 0.05) is 12.8 Å².